The van der Waals surface area contributed by atoms with Gasteiger partial charge >= 0.3 is 11.8 Å². The molecular weight excluding hydrogens is 227 g/mol. The van der Waals surface area contributed by atoms with Crippen LogP contribution in [0.5, 0.6) is 5.75 Å². The van der Waals surface area contributed by atoms with Crippen molar-refractivity contribution in [3.05, 3.63) is 28.3 Å². The van der Waals surface area contributed by atoms with Gasteiger partial charge in [0.05, 0.1) is 12.1 Å². The van der Waals surface area contributed by atoms with Crippen LogP contribution < -0.4 is 11.4 Å². The van der Waals surface area contributed by atoms with Crippen molar-refractivity contribution in [1.82, 2.24) is 0 Å². The number of alkyl halides is 3. The SMILES string of the molecule is N[C@H](CCC(F)(F)F)c1cc(O)cc(=O)o1. The summed E-state index contributed by atoms with van der Waals surface area (Å²) in [6.45, 7) is 0. The summed E-state index contributed by atoms with van der Waals surface area (Å²) < 4.78 is 40.3. The van der Waals surface area contributed by atoms with Gasteiger partial charge in [-0.25, -0.2) is 4.79 Å². The van der Waals surface area contributed by atoms with Gasteiger partial charge in [-0.2, -0.15) is 13.2 Å². The zero-order valence-electron chi connectivity index (χ0n) is 8.12. The number of rotatable bonds is 3. The molecule has 1 aromatic heterocycles. The molecule has 0 unspecified atom stereocenters. The lowest BCUT2D eigenvalue weighted by Gasteiger charge is -2.11. The van der Waals surface area contributed by atoms with Crippen LogP contribution in [-0.2, 0) is 0 Å². The van der Waals surface area contributed by atoms with Gasteiger partial charge in [0.1, 0.15) is 11.5 Å². The lowest BCUT2D eigenvalue weighted by molar-refractivity contribution is -0.136. The average molecular weight is 237 g/mol. The van der Waals surface area contributed by atoms with Crippen molar-refractivity contribution in [3.63, 3.8) is 0 Å². The van der Waals surface area contributed by atoms with E-state index in [2.05, 4.69) is 4.42 Å². The second kappa shape index (κ2) is 4.56. The molecule has 7 heteroatoms. The van der Waals surface area contributed by atoms with Crippen molar-refractivity contribution in [2.24, 2.45) is 5.73 Å². The Labute approximate surface area is 88.5 Å². The summed E-state index contributed by atoms with van der Waals surface area (Å²) in [7, 11) is 0. The maximum absolute atomic E-state index is 11.9. The zero-order valence-corrected chi connectivity index (χ0v) is 8.12. The van der Waals surface area contributed by atoms with Crippen molar-refractivity contribution in [2.75, 3.05) is 0 Å². The van der Waals surface area contributed by atoms with Gasteiger partial charge in [-0.3, -0.25) is 0 Å². The fourth-order valence-electron chi connectivity index (χ4n) is 1.13. The Kier molecular flexibility index (Phi) is 3.58. The van der Waals surface area contributed by atoms with E-state index in [1.54, 1.807) is 0 Å². The molecule has 0 aromatic carbocycles. The number of nitrogens with two attached hydrogens (primary N) is 1. The van der Waals surface area contributed by atoms with Crippen LogP contribution in [0, 0.1) is 0 Å². The second-order valence-corrected chi connectivity index (χ2v) is 3.30. The second-order valence-electron chi connectivity index (χ2n) is 3.30. The molecule has 0 amide bonds. The molecule has 0 spiro atoms. The third-order valence-corrected chi connectivity index (χ3v) is 1.88. The van der Waals surface area contributed by atoms with E-state index in [1.807, 2.05) is 0 Å². The van der Waals surface area contributed by atoms with Crippen LogP contribution in [0.4, 0.5) is 13.2 Å². The van der Waals surface area contributed by atoms with Gasteiger partial charge in [0.25, 0.3) is 0 Å². The highest BCUT2D eigenvalue weighted by Gasteiger charge is 2.28. The molecule has 0 aliphatic rings. The molecule has 0 aliphatic heterocycles. The molecule has 0 saturated heterocycles. The lowest BCUT2D eigenvalue weighted by atomic mass is 10.1. The summed E-state index contributed by atoms with van der Waals surface area (Å²) in [5, 5.41) is 9.03. The van der Waals surface area contributed by atoms with Crippen molar-refractivity contribution in [3.8, 4) is 5.75 Å². The average Bonchev–Trinajstić information content (AvgIpc) is 2.11. The molecule has 1 atom stereocenters. The minimum atomic E-state index is -4.31. The first-order chi connectivity index (χ1) is 7.28. The van der Waals surface area contributed by atoms with Crippen molar-refractivity contribution in [1.29, 1.82) is 0 Å². The summed E-state index contributed by atoms with van der Waals surface area (Å²) in [5.74, 6) is -0.539. The molecule has 90 valence electrons. The Hall–Kier alpha value is -1.50. The standard InChI is InChI=1S/C9H10F3NO3/c10-9(11,12)2-1-6(13)7-3-5(14)4-8(15)16-7/h3-4,6,14H,1-2,13H2/t6-/m1/s1. The fourth-order valence-corrected chi connectivity index (χ4v) is 1.13. The van der Waals surface area contributed by atoms with E-state index >= 15 is 0 Å². The summed E-state index contributed by atoms with van der Waals surface area (Å²) >= 11 is 0. The van der Waals surface area contributed by atoms with Crippen LogP contribution in [0.3, 0.4) is 0 Å². The summed E-state index contributed by atoms with van der Waals surface area (Å²) in [6, 6.07) is 0.768. The van der Waals surface area contributed by atoms with E-state index in [9.17, 15) is 18.0 Å². The van der Waals surface area contributed by atoms with E-state index < -0.39 is 30.7 Å². The molecular formula is C9H10F3NO3. The van der Waals surface area contributed by atoms with Crippen molar-refractivity contribution >= 4 is 0 Å². The summed E-state index contributed by atoms with van der Waals surface area (Å²) in [4.78, 5) is 10.8. The zero-order chi connectivity index (χ0) is 12.3. The minimum absolute atomic E-state index is 0.158. The quantitative estimate of drug-likeness (QED) is 0.838. The predicted octanol–water partition coefficient (Wildman–Crippen LogP) is 1.69. The maximum Gasteiger partial charge on any atom is 0.389 e. The van der Waals surface area contributed by atoms with Gasteiger partial charge in [0.2, 0.25) is 0 Å². The van der Waals surface area contributed by atoms with Gasteiger partial charge in [-0.1, -0.05) is 0 Å². The molecule has 0 saturated carbocycles. The molecule has 4 nitrogen and oxygen atoms in total. The lowest BCUT2D eigenvalue weighted by Crippen LogP contribution is -2.17. The topological polar surface area (TPSA) is 76.5 Å². The van der Waals surface area contributed by atoms with E-state index in [1.165, 1.54) is 0 Å². The predicted molar refractivity (Wildman–Crippen MR) is 48.9 cm³/mol. The van der Waals surface area contributed by atoms with Crippen LogP contribution in [-0.4, -0.2) is 11.3 Å². The normalized spacial score (nSPS) is 13.8. The highest BCUT2D eigenvalue weighted by molar-refractivity contribution is 5.20. The van der Waals surface area contributed by atoms with Crippen LogP contribution in [0.1, 0.15) is 24.6 Å². The Morgan fingerprint density at radius 3 is 2.56 bits per heavy atom. The number of hydrogen-bond acceptors (Lipinski definition) is 4. The molecule has 0 radical (unpaired) electrons. The van der Waals surface area contributed by atoms with Crippen LogP contribution in [0.25, 0.3) is 0 Å². The first-order valence-corrected chi connectivity index (χ1v) is 4.44. The fraction of sp³-hybridized carbons (Fsp3) is 0.444. The highest BCUT2D eigenvalue weighted by atomic mass is 19.4. The van der Waals surface area contributed by atoms with Crippen LogP contribution >= 0.6 is 0 Å². The van der Waals surface area contributed by atoms with E-state index in [-0.39, 0.29) is 11.5 Å². The highest BCUT2D eigenvalue weighted by Crippen LogP contribution is 2.26. The molecule has 1 rings (SSSR count). The van der Waals surface area contributed by atoms with Gasteiger partial charge in [-0.05, 0) is 6.42 Å². The van der Waals surface area contributed by atoms with Gasteiger partial charge in [0, 0.05) is 12.5 Å². The molecule has 0 bridgehead atoms. The Morgan fingerprint density at radius 1 is 1.44 bits per heavy atom. The monoisotopic (exact) mass is 237 g/mol. The van der Waals surface area contributed by atoms with E-state index in [0.717, 1.165) is 12.1 Å². The maximum atomic E-state index is 11.9. The Balaban J connectivity index is 2.73. The molecule has 1 heterocycles. The third-order valence-electron chi connectivity index (χ3n) is 1.88. The van der Waals surface area contributed by atoms with Crippen molar-refractivity contribution < 1.29 is 22.7 Å². The van der Waals surface area contributed by atoms with Gasteiger partial charge < -0.3 is 15.3 Å². The molecule has 1 aromatic rings. The first kappa shape index (κ1) is 12.6. The van der Waals surface area contributed by atoms with Crippen molar-refractivity contribution in [2.45, 2.75) is 25.1 Å². The van der Waals surface area contributed by atoms with Crippen LogP contribution in [0.2, 0.25) is 0 Å². The molecule has 3 N–H and O–H groups in total. The smallest absolute Gasteiger partial charge is 0.389 e. The molecule has 0 aliphatic carbocycles. The number of hydrogen-bond donors (Lipinski definition) is 2. The molecule has 0 fully saturated rings. The summed E-state index contributed by atoms with van der Waals surface area (Å²) in [5.41, 5.74) is 4.55. The first-order valence-electron chi connectivity index (χ1n) is 4.44. The number of halogens is 3. The summed E-state index contributed by atoms with van der Waals surface area (Å²) in [6.07, 6.45) is -5.79. The Morgan fingerprint density at radius 2 is 2.06 bits per heavy atom. The van der Waals surface area contributed by atoms with E-state index in [4.69, 9.17) is 10.8 Å². The largest absolute Gasteiger partial charge is 0.508 e. The minimum Gasteiger partial charge on any atom is -0.508 e. The van der Waals surface area contributed by atoms with Gasteiger partial charge in [-0.15, -0.1) is 0 Å². The van der Waals surface area contributed by atoms with E-state index in [0.29, 0.717) is 0 Å². The van der Waals surface area contributed by atoms with Crippen LogP contribution in [0.15, 0.2) is 21.3 Å². The molecule has 16 heavy (non-hydrogen) atoms. The Bertz CT molecular complexity index is 413. The van der Waals surface area contributed by atoms with Gasteiger partial charge in [0.15, 0.2) is 0 Å². The third kappa shape index (κ3) is 3.93. The number of aromatic hydroxyl groups is 1.